The summed E-state index contributed by atoms with van der Waals surface area (Å²) in [5.74, 6) is 0. The molecule has 1 aromatic rings. The molecule has 0 bridgehead atoms. The van der Waals surface area contributed by atoms with Crippen LogP contribution in [-0.4, -0.2) is 10.4 Å². The standard InChI is InChI=1S/C13H14Cl2OS/c14-10-7-4-8-11(15)12(10)13(16)17-9-5-2-1-3-6-9/h4,7-9H,1-3,5-6H2. The normalized spacial score (nSPS) is 17.1. The van der Waals surface area contributed by atoms with Gasteiger partial charge in [0.05, 0.1) is 15.6 Å². The second kappa shape index (κ2) is 6.12. The summed E-state index contributed by atoms with van der Waals surface area (Å²) in [7, 11) is 0. The smallest absolute Gasteiger partial charge is 0.222 e. The van der Waals surface area contributed by atoms with E-state index in [0.29, 0.717) is 20.9 Å². The van der Waals surface area contributed by atoms with E-state index in [9.17, 15) is 4.79 Å². The van der Waals surface area contributed by atoms with Crippen molar-refractivity contribution >= 4 is 40.1 Å². The van der Waals surface area contributed by atoms with Crippen LogP contribution in [0, 0.1) is 0 Å². The molecule has 0 unspecified atom stereocenters. The summed E-state index contributed by atoms with van der Waals surface area (Å²) in [6.45, 7) is 0. The van der Waals surface area contributed by atoms with Crippen LogP contribution in [0.2, 0.25) is 10.0 Å². The lowest BCUT2D eigenvalue weighted by atomic mass is 10.0. The SMILES string of the molecule is O=C(SC1CCCCC1)c1c(Cl)cccc1Cl. The molecule has 17 heavy (non-hydrogen) atoms. The molecule has 0 amide bonds. The third-order valence-corrected chi connectivity index (χ3v) is 4.85. The molecule has 4 heteroatoms. The third-order valence-electron chi connectivity index (χ3n) is 2.99. The highest BCUT2D eigenvalue weighted by Crippen LogP contribution is 2.34. The number of carbonyl (C=O) groups is 1. The summed E-state index contributed by atoms with van der Waals surface area (Å²) in [4.78, 5) is 12.1. The molecular formula is C13H14Cl2OS. The Hall–Kier alpha value is -0.180. The molecule has 0 N–H and O–H groups in total. The van der Waals surface area contributed by atoms with Gasteiger partial charge in [-0.2, -0.15) is 0 Å². The molecule has 1 aromatic carbocycles. The maximum absolute atomic E-state index is 12.1. The molecule has 1 saturated carbocycles. The van der Waals surface area contributed by atoms with Crippen molar-refractivity contribution in [2.45, 2.75) is 37.4 Å². The van der Waals surface area contributed by atoms with Crippen LogP contribution in [0.15, 0.2) is 18.2 Å². The van der Waals surface area contributed by atoms with Gasteiger partial charge in [-0.05, 0) is 25.0 Å². The summed E-state index contributed by atoms with van der Waals surface area (Å²) in [5.41, 5.74) is 0.464. The Morgan fingerprint density at radius 1 is 1.12 bits per heavy atom. The quantitative estimate of drug-likeness (QED) is 0.744. The highest BCUT2D eigenvalue weighted by atomic mass is 35.5. The Morgan fingerprint density at radius 2 is 1.71 bits per heavy atom. The zero-order valence-corrected chi connectivity index (χ0v) is 11.7. The van der Waals surface area contributed by atoms with Gasteiger partial charge in [0.1, 0.15) is 0 Å². The molecule has 1 aliphatic rings. The van der Waals surface area contributed by atoms with Gasteiger partial charge in [-0.1, -0.05) is 60.3 Å². The molecule has 92 valence electrons. The molecular weight excluding hydrogens is 275 g/mol. The minimum Gasteiger partial charge on any atom is -0.281 e. The minimum absolute atomic E-state index is 0.00694. The van der Waals surface area contributed by atoms with Crippen LogP contribution in [-0.2, 0) is 0 Å². The number of benzene rings is 1. The van der Waals surface area contributed by atoms with Gasteiger partial charge in [0.15, 0.2) is 0 Å². The van der Waals surface area contributed by atoms with E-state index in [2.05, 4.69) is 0 Å². The summed E-state index contributed by atoms with van der Waals surface area (Å²) in [5, 5.41) is 1.34. The molecule has 0 saturated heterocycles. The van der Waals surface area contributed by atoms with Crippen molar-refractivity contribution in [2.24, 2.45) is 0 Å². The van der Waals surface area contributed by atoms with Gasteiger partial charge in [-0.3, -0.25) is 4.79 Å². The highest BCUT2D eigenvalue weighted by molar-refractivity contribution is 8.14. The second-order valence-corrected chi connectivity index (χ2v) is 6.35. The minimum atomic E-state index is 0.00694. The van der Waals surface area contributed by atoms with Gasteiger partial charge in [0.25, 0.3) is 0 Å². The van der Waals surface area contributed by atoms with Crippen molar-refractivity contribution in [3.05, 3.63) is 33.8 Å². The van der Waals surface area contributed by atoms with Gasteiger partial charge < -0.3 is 0 Å². The summed E-state index contributed by atoms with van der Waals surface area (Å²) in [6, 6.07) is 5.18. The topological polar surface area (TPSA) is 17.1 Å². The molecule has 0 heterocycles. The van der Waals surface area contributed by atoms with Crippen molar-refractivity contribution < 1.29 is 4.79 Å². The molecule has 0 aromatic heterocycles. The Morgan fingerprint density at radius 3 is 2.29 bits per heavy atom. The van der Waals surface area contributed by atoms with Crippen molar-refractivity contribution in [3.8, 4) is 0 Å². The Labute approximate surface area is 116 Å². The predicted molar refractivity (Wildman–Crippen MR) is 75.3 cm³/mol. The lowest BCUT2D eigenvalue weighted by Gasteiger charge is -2.20. The van der Waals surface area contributed by atoms with Crippen molar-refractivity contribution in [1.29, 1.82) is 0 Å². The first-order valence-corrected chi connectivity index (χ1v) is 7.47. The predicted octanol–water partition coefficient (Wildman–Crippen LogP) is 5.20. The lowest BCUT2D eigenvalue weighted by Crippen LogP contribution is -2.11. The Balaban J connectivity index is 2.08. The molecule has 0 aliphatic heterocycles. The number of rotatable bonds is 2. The molecule has 1 fully saturated rings. The van der Waals surface area contributed by atoms with Crippen molar-refractivity contribution in [3.63, 3.8) is 0 Å². The third kappa shape index (κ3) is 3.40. The summed E-state index contributed by atoms with van der Waals surface area (Å²) < 4.78 is 0. The molecule has 1 nitrogen and oxygen atoms in total. The fourth-order valence-corrected chi connectivity index (χ4v) is 3.98. The van der Waals surface area contributed by atoms with Crippen LogP contribution >= 0.6 is 35.0 Å². The molecule has 1 aliphatic carbocycles. The average Bonchev–Trinajstić information content (AvgIpc) is 2.30. The summed E-state index contributed by atoms with van der Waals surface area (Å²) >= 11 is 13.4. The number of hydrogen-bond donors (Lipinski definition) is 0. The Kier molecular flexibility index (Phi) is 4.78. The van der Waals surface area contributed by atoms with E-state index in [1.807, 2.05) is 0 Å². The largest absolute Gasteiger partial charge is 0.281 e. The Bertz CT molecular complexity index is 394. The zero-order chi connectivity index (χ0) is 12.3. The van der Waals surface area contributed by atoms with E-state index >= 15 is 0 Å². The van der Waals surface area contributed by atoms with E-state index in [0.717, 1.165) is 12.8 Å². The maximum Gasteiger partial charge on any atom is 0.222 e. The molecule has 0 atom stereocenters. The lowest BCUT2D eigenvalue weighted by molar-refractivity contribution is 0.108. The first-order valence-electron chi connectivity index (χ1n) is 5.83. The van der Waals surface area contributed by atoms with Gasteiger partial charge in [-0.25, -0.2) is 0 Å². The second-order valence-electron chi connectivity index (χ2n) is 4.26. The monoisotopic (exact) mass is 288 g/mol. The number of halogens is 2. The van der Waals surface area contributed by atoms with Gasteiger partial charge in [0, 0.05) is 5.25 Å². The number of thioether (sulfide) groups is 1. The van der Waals surface area contributed by atoms with Crippen LogP contribution in [0.5, 0.6) is 0 Å². The maximum atomic E-state index is 12.1. The molecule has 0 radical (unpaired) electrons. The van der Waals surface area contributed by atoms with Crippen LogP contribution in [0.4, 0.5) is 0 Å². The fourth-order valence-electron chi connectivity index (χ4n) is 2.09. The van der Waals surface area contributed by atoms with E-state index in [4.69, 9.17) is 23.2 Å². The number of carbonyl (C=O) groups excluding carboxylic acids is 1. The zero-order valence-electron chi connectivity index (χ0n) is 9.42. The van der Waals surface area contributed by atoms with E-state index in [-0.39, 0.29) is 5.12 Å². The van der Waals surface area contributed by atoms with E-state index < -0.39 is 0 Å². The van der Waals surface area contributed by atoms with Crippen LogP contribution in [0.3, 0.4) is 0 Å². The van der Waals surface area contributed by atoms with Crippen LogP contribution in [0.25, 0.3) is 0 Å². The highest BCUT2D eigenvalue weighted by Gasteiger charge is 2.21. The van der Waals surface area contributed by atoms with Crippen LogP contribution < -0.4 is 0 Å². The first kappa shape index (κ1) is 13.3. The summed E-state index contributed by atoms with van der Waals surface area (Å²) in [6.07, 6.45) is 5.98. The van der Waals surface area contributed by atoms with Crippen molar-refractivity contribution in [2.75, 3.05) is 0 Å². The van der Waals surface area contributed by atoms with Crippen molar-refractivity contribution in [1.82, 2.24) is 0 Å². The molecule has 0 spiro atoms. The van der Waals surface area contributed by atoms with E-state index in [1.165, 1.54) is 31.0 Å². The van der Waals surface area contributed by atoms with E-state index in [1.54, 1.807) is 18.2 Å². The van der Waals surface area contributed by atoms with Gasteiger partial charge >= 0.3 is 0 Å². The van der Waals surface area contributed by atoms with Crippen LogP contribution in [0.1, 0.15) is 42.5 Å². The first-order chi connectivity index (χ1) is 8.18. The van der Waals surface area contributed by atoms with Gasteiger partial charge in [0.2, 0.25) is 5.12 Å². The van der Waals surface area contributed by atoms with Gasteiger partial charge in [-0.15, -0.1) is 0 Å². The average molecular weight is 289 g/mol. The number of hydrogen-bond acceptors (Lipinski definition) is 2. The molecule has 2 rings (SSSR count). The fraction of sp³-hybridized carbons (Fsp3) is 0.462.